The Labute approximate surface area is 220 Å². The van der Waals surface area contributed by atoms with Crippen LogP contribution >= 0.6 is 0 Å². The zero-order valence-electron chi connectivity index (χ0n) is 21.8. The molecule has 5 rings (SSSR count). The molecular weight excluding hydrogens is 458 g/mol. The van der Waals surface area contributed by atoms with Crippen LogP contribution in [0.1, 0.15) is 47.6 Å². The molecule has 0 aliphatic carbocycles. The summed E-state index contributed by atoms with van der Waals surface area (Å²) in [6.07, 6.45) is 6.04. The van der Waals surface area contributed by atoms with Gasteiger partial charge in [-0.3, -0.25) is 4.90 Å². The summed E-state index contributed by atoms with van der Waals surface area (Å²) in [4.78, 5) is 10.8. The smallest absolute Gasteiger partial charge is 0.122 e. The Balaban J connectivity index is 1.39. The Morgan fingerprint density at radius 3 is 2.46 bits per heavy atom. The lowest BCUT2D eigenvalue weighted by Gasteiger charge is -2.24. The van der Waals surface area contributed by atoms with Gasteiger partial charge in [-0.15, -0.1) is 0 Å². The Morgan fingerprint density at radius 1 is 0.838 bits per heavy atom. The van der Waals surface area contributed by atoms with Crippen LogP contribution < -0.4 is 4.74 Å². The molecule has 5 heteroatoms. The SMILES string of the molecule is CC(C)c1ccc(CN2CCOCCOc3ccc(-c4cncnc4)cc3Cc3cccc(c3)C2)cc1. The molecule has 1 aliphatic rings. The van der Waals surface area contributed by atoms with Crippen LogP contribution in [0.3, 0.4) is 0 Å². The number of hydrogen-bond donors (Lipinski definition) is 0. The summed E-state index contributed by atoms with van der Waals surface area (Å²) in [6.45, 7) is 8.89. The van der Waals surface area contributed by atoms with Crippen LogP contribution in [0.4, 0.5) is 0 Å². The minimum absolute atomic E-state index is 0.525. The van der Waals surface area contributed by atoms with Gasteiger partial charge in [0.2, 0.25) is 0 Å². The molecule has 2 bridgehead atoms. The molecule has 0 spiro atoms. The average Bonchev–Trinajstić information content (AvgIpc) is 2.92. The van der Waals surface area contributed by atoms with Crippen molar-refractivity contribution in [2.24, 2.45) is 0 Å². The number of benzene rings is 3. The number of ether oxygens (including phenoxy) is 2. The first-order valence-electron chi connectivity index (χ1n) is 13.1. The Kier molecular flexibility index (Phi) is 8.24. The predicted molar refractivity (Wildman–Crippen MR) is 148 cm³/mol. The fraction of sp³-hybridized carbons (Fsp3) is 0.312. The van der Waals surface area contributed by atoms with Gasteiger partial charge < -0.3 is 9.47 Å². The van der Waals surface area contributed by atoms with E-state index in [0.29, 0.717) is 25.7 Å². The van der Waals surface area contributed by atoms with E-state index in [1.807, 2.05) is 12.4 Å². The van der Waals surface area contributed by atoms with E-state index in [0.717, 1.165) is 48.5 Å². The van der Waals surface area contributed by atoms with E-state index in [2.05, 4.69) is 95.4 Å². The molecule has 0 atom stereocenters. The van der Waals surface area contributed by atoms with Gasteiger partial charge in [-0.05, 0) is 51.4 Å². The van der Waals surface area contributed by atoms with Crippen LogP contribution in [0.15, 0.2) is 85.5 Å². The molecule has 0 unspecified atom stereocenters. The highest BCUT2D eigenvalue weighted by atomic mass is 16.5. The fourth-order valence-electron chi connectivity index (χ4n) is 4.79. The van der Waals surface area contributed by atoms with Crippen molar-refractivity contribution in [1.82, 2.24) is 14.9 Å². The normalized spacial score (nSPS) is 15.0. The van der Waals surface area contributed by atoms with Crippen molar-refractivity contribution in [2.75, 3.05) is 26.4 Å². The predicted octanol–water partition coefficient (Wildman–Crippen LogP) is 6.27. The van der Waals surface area contributed by atoms with Gasteiger partial charge in [0.1, 0.15) is 18.7 Å². The third-order valence-electron chi connectivity index (χ3n) is 6.84. The van der Waals surface area contributed by atoms with Gasteiger partial charge >= 0.3 is 0 Å². The molecule has 0 amide bonds. The molecule has 5 nitrogen and oxygen atoms in total. The summed E-state index contributed by atoms with van der Waals surface area (Å²) >= 11 is 0. The monoisotopic (exact) mass is 493 g/mol. The van der Waals surface area contributed by atoms with Gasteiger partial charge in [0.05, 0.1) is 13.2 Å². The molecule has 0 radical (unpaired) electrons. The van der Waals surface area contributed by atoms with E-state index >= 15 is 0 Å². The van der Waals surface area contributed by atoms with E-state index in [4.69, 9.17) is 9.47 Å². The van der Waals surface area contributed by atoms with Crippen molar-refractivity contribution in [3.63, 3.8) is 0 Å². The Bertz CT molecular complexity index is 1290. The standard InChI is InChI=1S/C32H35N3O2/c1-24(2)28-8-6-25(7-9-28)21-35-12-13-36-14-15-37-32-11-10-29(31-19-33-23-34-20-31)18-30(32)17-26-4-3-5-27(16-26)22-35/h3-11,16,18-20,23-24H,12-15,17,21-22H2,1-2H3. The molecule has 37 heavy (non-hydrogen) atoms. The second-order valence-corrected chi connectivity index (χ2v) is 10.0. The van der Waals surface area contributed by atoms with Crippen molar-refractivity contribution in [3.05, 3.63) is 113 Å². The molecule has 190 valence electrons. The number of rotatable bonds is 4. The molecule has 0 saturated carbocycles. The third kappa shape index (κ3) is 6.82. The molecule has 1 aliphatic heterocycles. The van der Waals surface area contributed by atoms with Crippen LogP contribution in [0.25, 0.3) is 11.1 Å². The zero-order chi connectivity index (χ0) is 25.5. The van der Waals surface area contributed by atoms with E-state index in [1.165, 1.54) is 22.3 Å². The minimum Gasteiger partial charge on any atom is -0.491 e. The van der Waals surface area contributed by atoms with Crippen LogP contribution in [0.2, 0.25) is 0 Å². The molecule has 0 fully saturated rings. The summed E-state index contributed by atoms with van der Waals surface area (Å²) in [5.74, 6) is 1.45. The Hall–Kier alpha value is -3.54. The minimum atomic E-state index is 0.525. The molecular formula is C32H35N3O2. The summed E-state index contributed by atoms with van der Waals surface area (Å²) in [5, 5.41) is 0. The van der Waals surface area contributed by atoms with E-state index in [1.54, 1.807) is 6.33 Å². The summed E-state index contributed by atoms with van der Waals surface area (Å²) in [6, 6.07) is 24.3. The highest BCUT2D eigenvalue weighted by Gasteiger charge is 2.13. The van der Waals surface area contributed by atoms with Crippen LogP contribution in [-0.2, 0) is 24.2 Å². The van der Waals surface area contributed by atoms with Crippen LogP contribution in [-0.4, -0.2) is 41.2 Å². The molecule has 3 aromatic carbocycles. The lowest BCUT2D eigenvalue weighted by Crippen LogP contribution is -2.27. The van der Waals surface area contributed by atoms with Crippen molar-refractivity contribution in [2.45, 2.75) is 39.3 Å². The zero-order valence-corrected chi connectivity index (χ0v) is 21.8. The lowest BCUT2D eigenvalue weighted by atomic mass is 9.98. The largest absolute Gasteiger partial charge is 0.491 e. The third-order valence-corrected chi connectivity index (χ3v) is 6.84. The number of nitrogens with zero attached hydrogens (tertiary/aromatic N) is 3. The van der Waals surface area contributed by atoms with Gasteiger partial charge in [-0.1, -0.05) is 68.4 Å². The quantitative estimate of drug-likeness (QED) is 0.335. The highest BCUT2D eigenvalue weighted by Crippen LogP contribution is 2.29. The van der Waals surface area contributed by atoms with E-state index in [-0.39, 0.29) is 0 Å². The highest BCUT2D eigenvalue weighted by molar-refractivity contribution is 5.64. The lowest BCUT2D eigenvalue weighted by molar-refractivity contribution is 0.0757. The fourth-order valence-corrected chi connectivity index (χ4v) is 4.79. The van der Waals surface area contributed by atoms with Gasteiger partial charge in [0.15, 0.2) is 0 Å². The Morgan fingerprint density at radius 2 is 1.65 bits per heavy atom. The van der Waals surface area contributed by atoms with Crippen molar-refractivity contribution in [3.8, 4) is 16.9 Å². The molecule has 2 heterocycles. The second kappa shape index (κ2) is 12.1. The molecule has 1 aromatic heterocycles. The summed E-state index contributed by atoms with van der Waals surface area (Å²) in [5.41, 5.74) is 8.53. The van der Waals surface area contributed by atoms with Crippen molar-refractivity contribution < 1.29 is 9.47 Å². The molecule has 0 N–H and O–H groups in total. The van der Waals surface area contributed by atoms with Crippen molar-refractivity contribution in [1.29, 1.82) is 0 Å². The molecule has 0 saturated heterocycles. The van der Waals surface area contributed by atoms with Crippen LogP contribution in [0, 0.1) is 0 Å². The maximum atomic E-state index is 6.18. The first-order chi connectivity index (χ1) is 18.1. The van der Waals surface area contributed by atoms with Crippen LogP contribution in [0.5, 0.6) is 5.75 Å². The van der Waals surface area contributed by atoms with Gasteiger partial charge in [-0.2, -0.15) is 0 Å². The van der Waals surface area contributed by atoms with Crippen molar-refractivity contribution >= 4 is 0 Å². The topological polar surface area (TPSA) is 47.5 Å². The first kappa shape index (κ1) is 25.1. The summed E-state index contributed by atoms with van der Waals surface area (Å²) in [7, 11) is 0. The van der Waals surface area contributed by atoms with E-state index < -0.39 is 0 Å². The number of aromatic nitrogens is 2. The van der Waals surface area contributed by atoms with Gasteiger partial charge in [0.25, 0.3) is 0 Å². The maximum Gasteiger partial charge on any atom is 0.122 e. The first-order valence-corrected chi connectivity index (χ1v) is 13.1. The number of fused-ring (bicyclic) bond motifs is 3. The van der Waals surface area contributed by atoms with Gasteiger partial charge in [0, 0.05) is 44.0 Å². The second-order valence-electron chi connectivity index (χ2n) is 10.0. The maximum absolute atomic E-state index is 6.18. The molecule has 4 aromatic rings. The average molecular weight is 494 g/mol. The summed E-state index contributed by atoms with van der Waals surface area (Å²) < 4.78 is 12.2. The van der Waals surface area contributed by atoms with Gasteiger partial charge in [-0.25, -0.2) is 9.97 Å². The van der Waals surface area contributed by atoms with E-state index in [9.17, 15) is 0 Å². The number of hydrogen-bond acceptors (Lipinski definition) is 5.